The fourth-order valence-corrected chi connectivity index (χ4v) is 10.8. The number of hydrogen-bond donors (Lipinski definition) is 3. The Balaban J connectivity index is 3.29. The summed E-state index contributed by atoms with van der Waals surface area (Å²) in [6, 6.07) is -0.536. The fraction of sp³-hybridized carbons (Fsp3) is 0.913. The van der Waals surface area contributed by atoms with E-state index in [2.05, 4.69) is 43.5 Å². The van der Waals surface area contributed by atoms with Crippen molar-refractivity contribution in [3.8, 4) is 0 Å². The lowest BCUT2D eigenvalue weighted by molar-refractivity contribution is -0.143. The van der Waals surface area contributed by atoms with Crippen molar-refractivity contribution in [1.82, 2.24) is 5.32 Å². The van der Waals surface area contributed by atoms with Crippen LogP contribution in [0.15, 0.2) is 24.3 Å². The van der Waals surface area contributed by atoms with E-state index in [0.29, 0.717) is 25.9 Å². The maximum atomic E-state index is 12.4. The van der Waals surface area contributed by atoms with Crippen molar-refractivity contribution < 1.29 is 24.5 Å². The molecule has 6 heteroatoms. The average molecular weight is 1060 g/mol. The molecule has 0 saturated heterocycles. The Morgan fingerprint density at radius 3 is 1.03 bits per heavy atom. The third-order valence-electron chi connectivity index (χ3n) is 16.0. The van der Waals surface area contributed by atoms with E-state index in [1.807, 2.05) is 0 Å². The van der Waals surface area contributed by atoms with Gasteiger partial charge in [0.2, 0.25) is 5.91 Å². The summed E-state index contributed by atoms with van der Waals surface area (Å²) in [4.78, 5) is 24.5. The Kier molecular flexibility index (Phi) is 63.4. The molecule has 0 spiro atoms. The molecule has 0 radical (unpaired) electrons. The van der Waals surface area contributed by atoms with Gasteiger partial charge in [0.1, 0.15) is 0 Å². The van der Waals surface area contributed by atoms with Gasteiger partial charge in [-0.25, -0.2) is 0 Å². The van der Waals surface area contributed by atoms with Crippen molar-refractivity contribution in [2.75, 3.05) is 13.2 Å². The second kappa shape index (κ2) is 64.9. The highest BCUT2D eigenvalue weighted by Gasteiger charge is 2.20. The van der Waals surface area contributed by atoms with Crippen molar-refractivity contribution in [3.63, 3.8) is 0 Å². The molecule has 0 rings (SSSR count). The maximum absolute atomic E-state index is 12.4. The summed E-state index contributed by atoms with van der Waals surface area (Å²) in [5.41, 5.74) is 0. The van der Waals surface area contributed by atoms with Crippen LogP contribution in [0.4, 0.5) is 0 Å². The highest BCUT2D eigenvalue weighted by molar-refractivity contribution is 5.76. The summed E-state index contributed by atoms with van der Waals surface area (Å²) in [6.07, 6.45) is 80.9. The number of esters is 1. The normalized spacial score (nSPS) is 12.6. The molecule has 6 nitrogen and oxygen atoms in total. The Labute approximate surface area is 469 Å². The molecule has 0 aromatic heterocycles. The number of hydrogen-bond acceptors (Lipinski definition) is 5. The van der Waals surface area contributed by atoms with Gasteiger partial charge in [-0.15, -0.1) is 0 Å². The lowest BCUT2D eigenvalue weighted by atomic mass is 10.0. The van der Waals surface area contributed by atoms with Crippen LogP contribution < -0.4 is 5.32 Å². The first-order valence-electron chi connectivity index (χ1n) is 34.1. The molecule has 0 aromatic carbocycles. The summed E-state index contributed by atoms with van der Waals surface area (Å²) >= 11 is 0. The lowest BCUT2D eigenvalue weighted by Gasteiger charge is -2.22. The molecule has 0 aliphatic rings. The molecule has 0 fully saturated rings. The number of allylic oxidation sites excluding steroid dienone is 4. The molecule has 75 heavy (non-hydrogen) atoms. The summed E-state index contributed by atoms with van der Waals surface area (Å²) < 4.78 is 5.49. The molecule has 0 saturated carbocycles. The van der Waals surface area contributed by atoms with Crippen molar-refractivity contribution in [1.29, 1.82) is 0 Å². The van der Waals surface area contributed by atoms with Gasteiger partial charge in [0.25, 0.3) is 0 Å². The predicted octanol–water partition coefficient (Wildman–Crippen LogP) is 21.8. The average Bonchev–Trinajstić information content (AvgIpc) is 3.41. The minimum atomic E-state index is -0.659. The third kappa shape index (κ3) is 61.4. The largest absolute Gasteiger partial charge is 0.466 e. The molecular formula is C69H133NO5. The van der Waals surface area contributed by atoms with Gasteiger partial charge in [-0.2, -0.15) is 0 Å². The summed E-state index contributed by atoms with van der Waals surface area (Å²) in [5.74, 6) is -0.0224. The van der Waals surface area contributed by atoms with E-state index in [0.717, 1.165) is 51.4 Å². The summed E-state index contributed by atoms with van der Waals surface area (Å²) in [5, 5.41) is 23.2. The van der Waals surface area contributed by atoms with Crippen molar-refractivity contribution >= 4 is 11.9 Å². The molecular weight excluding hydrogens is 923 g/mol. The van der Waals surface area contributed by atoms with Gasteiger partial charge in [-0.3, -0.25) is 9.59 Å². The minimum absolute atomic E-state index is 0.00807. The minimum Gasteiger partial charge on any atom is -0.466 e. The van der Waals surface area contributed by atoms with Crippen LogP contribution in [-0.4, -0.2) is 47.4 Å². The molecule has 2 unspecified atom stereocenters. The molecule has 0 bridgehead atoms. The predicted molar refractivity (Wildman–Crippen MR) is 329 cm³/mol. The molecule has 1 amide bonds. The topological polar surface area (TPSA) is 95.9 Å². The van der Waals surface area contributed by atoms with E-state index in [9.17, 15) is 19.8 Å². The van der Waals surface area contributed by atoms with E-state index in [1.165, 1.54) is 295 Å². The number of ether oxygens (including phenoxy) is 1. The van der Waals surface area contributed by atoms with Crippen LogP contribution in [0.3, 0.4) is 0 Å². The van der Waals surface area contributed by atoms with Crippen LogP contribution in [0, 0.1) is 0 Å². The third-order valence-corrected chi connectivity index (χ3v) is 16.0. The molecule has 2 atom stereocenters. The number of rotatable bonds is 64. The zero-order chi connectivity index (χ0) is 54.3. The Morgan fingerprint density at radius 1 is 0.373 bits per heavy atom. The number of amides is 1. The number of aliphatic hydroxyl groups is 2. The monoisotopic (exact) mass is 1060 g/mol. The van der Waals surface area contributed by atoms with E-state index in [-0.39, 0.29) is 18.5 Å². The van der Waals surface area contributed by atoms with Crippen LogP contribution >= 0.6 is 0 Å². The van der Waals surface area contributed by atoms with Crippen LogP contribution in [0.5, 0.6) is 0 Å². The number of carbonyl (C=O) groups is 2. The van der Waals surface area contributed by atoms with Gasteiger partial charge in [0.15, 0.2) is 0 Å². The highest BCUT2D eigenvalue weighted by atomic mass is 16.5. The van der Waals surface area contributed by atoms with Gasteiger partial charge in [0.05, 0.1) is 25.4 Å². The smallest absolute Gasteiger partial charge is 0.305 e. The number of aliphatic hydroxyl groups excluding tert-OH is 2. The fourth-order valence-electron chi connectivity index (χ4n) is 10.8. The Morgan fingerprint density at radius 2 is 0.667 bits per heavy atom. The van der Waals surface area contributed by atoms with Crippen molar-refractivity contribution in [3.05, 3.63) is 24.3 Å². The van der Waals surface area contributed by atoms with Crippen LogP contribution in [0.1, 0.15) is 380 Å². The molecule has 0 aromatic rings. The van der Waals surface area contributed by atoms with Gasteiger partial charge >= 0.3 is 5.97 Å². The van der Waals surface area contributed by atoms with Crippen molar-refractivity contribution in [2.45, 2.75) is 392 Å². The first kappa shape index (κ1) is 73.3. The Bertz CT molecular complexity index is 1170. The number of carbonyl (C=O) groups excluding carboxylic acids is 2. The van der Waals surface area contributed by atoms with Crippen LogP contribution in [0.25, 0.3) is 0 Å². The quantitative estimate of drug-likeness (QED) is 0.0320. The van der Waals surface area contributed by atoms with Crippen LogP contribution in [0.2, 0.25) is 0 Å². The maximum Gasteiger partial charge on any atom is 0.305 e. The molecule has 444 valence electrons. The standard InChI is InChI=1S/C69H133NO5/c1-3-5-7-9-11-13-15-16-17-37-40-43-47-51-55-59-63-69(74)75-64-60-56-52-48-44-41-38-35-33-31-29-27-25-23-21-19-18-20-22-24-26-28-30-32-34-36-39-42-46-50-54-58-62-68(73)70-66(65-71)67(72)61-57-53-49-45-14-12-10-8-6-4-2/h13,15,17,37,66-67,71-72H,3-12,14,16,18-36,38-65H2,1-2H3,(H,70,73)/b15-13-,37-17-. The second-order valence-corrected chi connectivity index (χ2v) is 23.5. The van der Waals surface area contributed by atoms with Crippen LogP contribution in [-0.2, 0) is 14.3 Å². The first-order chi connectivity index (χ1) is 37.0. The summed E-state index contributed by atoms with van der Waals surface area (Å²) in [6.45, 7) is 4.94. The second-order valence-electron chi connectivity index (χ2n) is 23.5. The van der Waals surface area contributed by atoms with Gasteiger partial charge in [0, 0.05) is 12.8 Å². The summed E-state index contributed by atoms with van der Waals surface area (Å²) in [7, 11) is 0. The lowest BCUT2D eigenvalue weighted by Crippen LogP contribution is -2.45. The van der Waals surface area contributed by atoms with Gasteiger partial charge in [-0.05, 0) is 57.8 Å². The zero-order valence-electron chi connectivity index (χ0n) is 50.8. The Hall–Kier alpha value is -1.66. The first-order valence-corrected chi connectivity index (χ1v) is 34.1. The molecule has 0 aliphatic heterocycles. The van der Waals surface area contributed by atoms with Crippen molar-refractivity contribution in [2.24, 2.45) is 0 Å². The molecule has 3 N–H and O–H groups in total. The van der Waals surface area contributed by atoms with E-state index in [1.54, 1.807) is 0 Å². The zero-order valence-corrected chi connectivity index (χ0v) is 50.8. The highest BCUT2D eigenvalue weighted by Crippen LogP contribution is 2.19. The van der Waals surface area contributed by atoms with E-state index in [4.69, 9.17) is 4.74 Å². The van der Waals surface area contributed by atoms with E-state index < -0.39 is 12.1 Å². The van der Waals surface area contributed by atoms with E-state index >= 15 is 0 Å². The van der Waals surface area contributed by atoms with Gasteiger partial charge in [-0.1, -0.05) is 334 Å². The molecule has 0 aliphatic carbocycles. The van der Waals surface area contributed by atoms with Gasteiger partial charge < -0.3 is 20.3 Å². The number of nitrogens with one attached hydrogen (secondary N) is 1. The number of unbranched alkanes of at least 4 members (excludes halogenated alkanes) is 49. The molecule has 0 heterocycles. The SMILES string of the molecule is CCCCCC/C=C\C/C=C\CCCCCCCC(=O)OCCCCCCCCCCCCCCCCCCCCCCCCCCCCCCCCCCC(=O)NC(CO)C(O)CCCCCCCCCCCC.